The number of aryl methyl sites for hydroxylation is 2. The fraction of sp³-hybridized carbons (Fsp3) is 0.136. The first-order chi connectivity index (χ1) is 13.5. The molecule has 0 aliphatic carbocycles. The summed E-state index contributed by atoms with van der Waals surface area (Å²) in [6.45, 7) is 4.05. The lowest BCUT2D eigenvalue weighted by Crippen LogP contribution is -2.13. The highest BCUT2D eigenvalue weighted by Crippen LogP contribution is 2.24. The average molecular weight is 375 g/mol. The summed E-state index contributed by atoms with van der Waals surface area (Å²) in [7, 11) is 1.32. The first-order valence-corrected chi connectivity index (χ1v) is 8.76. The van der Waals surface area contributed by atoms with E-state index in [9.17, 15) is 9.59 Å². The van der Waals surface area contributed by atoms with Crippen molar-refractivity contribution in [1.82, 2.24) is 4.98 Å². The predicted molar refractivity (Wildman–Crippen MR) is 109 cm³/mol. The molecule has 6 heteroatoms. The highest BCUT2D eigenvalue weighted by atomic mass is 16.5. The van der Waals surface area contributed by atoms with Crippen LogP contribution in [0.1, 0.15) is 31.8 Å². The largest absolute Gasteiger partial charge is 0.465 e. The van der Waals surface area contributed by atoms with Crippen molar-refractivity contribution in [3.63, 3.8) is 0 Å². The minimum Gasteiger partial charge on any atom is -0.465 e. The molecule has 3 aromatic rings. The van der Waals surface area contributed by atoms with Crippen LogP contribution in [-0.4, -0.2) is 24.0 Å². The third-order valence-electron chi connectivity index (χ3n) is 4.31. The number of pyridine rings is 1. The van der Waals surface area contributed by atoms with Crippen LogP contribution in [0.5, 0.6) is 0 Å². The van der Waals surface area contributed by atoms with E-state index < -0.39 is 5.97 Å². The molecule has 0 aliphatic heterocycles. The molecule has 2 N–H and O–H groups in total. The highest BCUT2D eigenvalue weighted by Gasteiger charge is 2.10. The lowest BCUT2D eigenvalue weighted by molar-refractivity contribution is 0.0600. The third-order valence-corrected chi connectivity index (χ3v) is 4.31. The monoisotopic (exact) mass is 375 g/mol. The van der Waals surface area contributed by atoms with Crippen LogP contribution in [0.15, 0.2) is 60.9 Å². The number of nitrogens with one attached hydrogen (secondary N) is 2. The zero-order chi connectivity index (χ0) is 20.1. The van der Waals surface area contributed by atoms with Gasteiger partial charge in [-0.1, -0.05) is 18.2 Å². The number of anilines is 3. The number of carbonyl (C=O) groups is 2. The number of nitrogens with zero attached hydrogens (tertiary/aromatic N) is 1. The van der Waals surface area contributed by atoms with E-state index in [4.69, 9.17) is 0 Å². The Morgan fingerprint density at radius 3 is 2.21 bits per heavy atom. The second-order valence-electron chi connectivity index (χ2n) is 6.38. The van der Waals surface area contributed by atoms with Gasteiger partial charge in [0.2, 0.25) is 0 Å². The van der Waals surface area contributed by atoms with Crippen LogP contribution < -0.4 is 10.6 Å². The normalized spacial score (nSPS) is 10.2. The molecular formula is C22H21N3O3. The van der Waals surface area contributed by atoms with Crippen molar-refractivity contribution in [3.05, 3.63) is 83.2 Å². The minimum absolute atomic E-state index is 0.288. The molecule has 0 fully saturated rings. The smallest absolute Gasteiger partial charge is 0.337 e. The van der Waals surface area contributed by atoms with E-state index >= 15 is 0 Å². The van der Waals surface area contributed by atoms with Gasteiger partial charge in [-0.25, -0.2) is 4.79 Å². The van der Waals surface area contributed by atoms with Gasteiger partial charge in [0.25, 0.3) is 5.91 Å². The number of hydrogen-bond donors (Lipinski definition) is 2. The van der Waals surface area contributed by atoms with Crippen LogP contribution >= 0.6 is 0 Å². The van der Waals surface area contributed by atoms with Crippen LogP contribution in [0.4, 0.5) is 17.1 Å². The Balaban J connectivity index is 1.74. The van der Waals surface area contributed by atoms with E-state index in [-0.39, 0.29) is 5.91 Å². The molecule has 0 atom stereocenters. The van der Waals surface area contributed by atoms with Gasteiger partial charge in [-0.05, 0) is 55.3 Å². The van der Waals surface area contributed by atoms with E-state index in [1.54, 1.807) is 36.5 Å². The summed E-state index contributed by atoms with van der Waals surface area (Å²) in [5.74, 6) is -0.712. The van der Waals surface area contributed by atoms with Crippen LogP contribution in [-0.2, 0) is 4.74 Å². The molecule has 0 saturated heterocycles. The van der Waals surface area contributed by atoms with E-state index in [1.165, 1.54) is 13.3 Å². The molecular weight excluding hydrogens is 354 g/mol. The Morgan fingerprint density at radius 2 is 1.57 bits per heavy atom. The number of ether oxygens (including phenoxy) is 1. The van der Waals surface area contributed by atoms with E-state index in [2.05, 4.69) is 20.4 Å². The summed E-state index contributed by atoms with van der Waals surface area (Å²) in [5.41, 5.74) is 5.37. The number of esters is 1. The van der Waals surface area contributed by atoms with Crippen LogP contribution in [0.2, 0.25) is 0 Å². The van der Waals surface area contributed by atoms with E-state index in [1.807, 2.05) is 32.0 Å². The quantitative estimate of drug-likeness (QED) is 0.643. The van der Waals surface area contributed by atoms with Crippen molar-refractivity contribution >= 4 is 28.9 Å². The minimum atomic E-state index is -0.424. The lowest BCUT2D eigenvalue weighted by Gasteiger charge is -2.13. The number of carbonyl (C=O) groups excluding carboxylic acids is 2. The van der Waals surface area contributed by atoms with Crippen molar-refractivity contribution in [3.8, 4) is 0 Å². The number of hydrogen-bond acceptors (Lipinski definition) is 5. The molecule has 0 aliphatic rings. The van der Waals surface area contributed by atoms with Gasteiger partial charge in [-0.15, -0.1) is 0 Å². The number of amides is 1. The molecule has 0 saturated carbocycles. The Labute approximate surface area is 163 Å². The van der Waals surface area contributed by atoms with Gasteiger partial charge in [0.05, 0.1) is 30.1 Å². The zero-order valence-corrected chi connectivity index (χ0v) is 15.9. The van der Waals surface area contributed by atoms with E-state index in [0.29, 0.717) is 16.8 Å². The molecule has 1 aromatic heterocycles. The second kappa shape index (κ2) is 8.35. The maximum absolute atomic E-state index is 12.6. The molecule has 0 unspecified atom stereocenters. The Hall–Kier alpha value is -3.67. The van der Waals surface area contributed by atoms with Crippen molar-refractivity contribution in [2.45, 2.75) is 13.8 Å². The van der Waals surface area contributed by atoms with E-state index in [0.717, 1.165) is 22.5 Å². The first-order valence-electron chi connectivity index (χ1n) is 8.76. The van der Waals surface area contributed by atoms with Crippen molar-refractivity contribution in [2.24, 2.45) is 0 Å². The number of benzene rings is 2. The second-order valence-corrected chi connectivity index (χ2v) is 6.38. The number of rotatable bonds is 5. The number of para-hydroxylation sites is 1. The zero-order valence-electron chi connectivity index (χ0n) is 15.9. The van der Waals surface area contributed by atoms with Gasteiger partial charge in [0.15, 0.2) is 0 Å². The van der Waals surface area contributed by atoms with Crippen molar-refractivity contribution in [2.75, 3.05) is 17.7 Å². The summed E-state index contributed by atoms with van der Waals surface area (Å²) in [6.07, 6.45) is 3.18. The van der Waals surface area contributed by atoms with Crippen LogP contribution in [0.25, 0.3) is 0 Å². The van der Waals surface area contributed by atoms with Crippen LogP contribution in [0.3, 0.4) is 0 Å². The molecule has 142 valence electrons. The summed E-state index contributed by atoms with van der Waals surface area (Å²) in [6, 6.07) is 14.3. The number of aromatic nitrogens is 1. The number of methoxy groups -OCH3 is 1. The van der Waals surface area contributed by atoms with Crippen LogP contribution in [0, 0.1) is 13.8 Å². The lowest BCUT2D eigenvalue weighted by atomic mass is 10.1. The molecule has 0 radical (unpaired) electrons. The van der Waals surface area contributed by atoms with Gasteiger partial charge < -0.3 is 15.4 Å². The van der Waals surface area contributed by atoms with Gasteiger partial charge in [0, 0.05) is 17.6 Å². The third kappa shape index (κ3) is 4.35. The topological polar surface area (TPSA) is 80.3 Å². The van der Waals surface area contributed by atoms with Gasteiger partial charge >= 0.3 is 5.97 Å². The molecule has 0 bridgehead atoms. The Kier molecular flexibility index (Phi) is 5.69. The molecule has 1 amide bonds. The Morgan fingerprint density at radius 1 is 0.893 bits per heavy atom. The summed E-state index contributed by atoms with van der Waals surface area (Å²) < 4.78 is 4.66. The van der Waals surface area contributed by atoms with Gasteiger partial charge in [-0.2, -0.15) is 0 Å². The molecule has 6 nitrogen and oxygen atoms in total. The summed E-state index contributed by atoms with van der Waals surface area (Å²) in [4.78, 5) is 28.2. The standard InChI is InChI=1S/C22H21N3O3/c1-14-5-4-6-15(2)20(14)24-19-11-17(12-23-13-19)21(26)25-18-9-7-16(8-10-18)22(27)28-3/h4-13,24H,1-3H3,(H,25,26). The molecule has 2 aromatic carbocycles. The highest BCUT2D eigenvalue weighted by molar-refractivity contribution is 6.04. The fourth-order valence-electron chi connectivity index (χ4n) is 2.80. The van der Waals surface area contributed by atoms with Gasteiger partial charge in [0.1, 0.15) is 0 Å². The molecule has 0 spiro atoms. The van der Waals surface area contributed by atoms with Crippen molar-refractivity contribution < 1.29 is 14.3 Å². The molecule has 28 heavy (non-hydrogen) atoms. The van der Waals surface area contributed by atoms with Gasteiger partial charge in [-0.3, -0.25) is 9.78 Å². The molecule has 1 heterocycles. The summed E-state index contributed by atoms with van der Waals surface area (Å²) >= 11 is 0. The first kappa shape index (κ1) is 19.1. The Bertz CT molecular complexity index is 994. The summed E-state index contributed by atoms with van der Waals surface area (Å²) in [5, 5.41) is 6.13. The fourth-order valence-corrected chi connectivity index (χ4v) is 2.80. The molecule has 3 rings (SSSR count). The van der Waals surface area contributed by atoms with Crippen molar-refractivity contribution in [1.29, 1.82) is 0 Å². The average Bonchev–Trinajstić information content (AvgIpc) is 2.71. The maximum Gasteiger partial charge on any atom is 0.337 e. The predicted octanol–water partition coefficient (Wildman–Crippen LogP) is 4.48. The SMILES string of the molecule is COC(=O)c1ccc(NC(=O)c2cncc(Nc3c(C)cccc3C)c2)cc1. The maximum atomic E-state index is 12.6.